The summed E-state index contributed by atoms with van der Waals surface area (Å²) in [6, 6.07) is 26.3. The molecule has 4 amide bonds. The molecule has 3 heterocycles. The molecule has 3 fully saturated rings. The quantitative estimate of drug-likeness (QED) is 0.110. The summed E-state index contributed by atoms with van der Waals surface area (Å²) in [6.07, 6.45) is 0.912. The lowest BCUT2D eigenvalue weighted by atomic mass is 9.49. The molecule has 364 valence electrons. The van der Waals surface area contributed by atoms with Crippen LogP contribution in [0.15, 0.2) is 84.9 Å². The van der Waals surface area contributed by atoms with Crippen molar-refractivity contribution < 1.29 is 29.0 Å². The van der Waals surface area contributed by atoms with Crippen LogP contribution in [0.3, 0.4) is 0 Å². The van der Waals surface area contributed by atoms with E-state index in [1.165, 1.54) is 10.5 Å². The second-order valence-electron chi connectivity index (χ2n) is 20.6. The highest BCUT2D eigenvalue weighted by atomic mass is 35.5. The number of ether oxygens (including phenoxy) is 1. The number of aliphatic hydroxyl groups is 1. The van der Waals surface area contributed by atoms with Crippen LogP contribution < -0.4 is 20.3 Å². The highest BCUT2D eigenvalue weighted by Crippen LogP contribution is 2.55. The molecule has 4 aliphatic rings. The normalized spacial score (nSPS) is 22.2. The van der Waals surface area contributed by atoms with Gasteiger partial charge in [-0.3, -0.25) is 24.1 Å². The molecular formula is C54H63Cl2N7O6. The number of fused-ring (bicyclic) bond motifs is 1. The van der Waals surface area contributed by atoms with Crippen molar-refractivity contribution in [2.45, 2.75) is 104 Å². The topological polar surface area (TPSA) is 159 Å². The average molecular weight is 977 g/mol. The zero-order valence-corrected chi connectivity index (χ0v) is 41.8. The Morgan fingerprint density at radius 1 is 0.928 bits per heavy atom. The molecule has 3 N–H and O–H groups in total. The van der Waals surface area contributed by atoms with E-state index in [1.54, 1.807) is 29.2 Å². The van der Waals surface area contributed by atoms with Crippen LogP contribution >= 0.6 is 23.2 Å². The summed E-state index contributed by atoms with van der Waals surface area (Å²) >= 11 is 12.8. The van der Waals surface area contributed by atoms with E-state index >= 15 is 0 Å². The Morgan fingerprint density at radius 3 is 2.30 bits per heavy atom. The van der Waals surface area contributed by atoms with Gasteiger partial charge in [0.1, 0.15) is 30.0 Å². The number of rotatable bonds is 15. The summed E-state index contributed by atoms with van der Waals surface area (Å²) in [6.45, 7) is 16.9. The molecule has 0 aromatic heterocycles. The van der Waals surface area contributed by atoms with Crippen LogP contribution in [0, 0.1) is 28.1 Å². The second kappa shape index (κ2) is 20.4. The number of nitriles is 1. The number of benzene rings is 4. The molecule has 0 unspecified atom stereocenters. The minimum atomic E-state index is -0.873. The maximum Gasteiger partial charge on any atom is 0.255 e. The SMILES string of the molecule is CC(C)[C@@H](C(=O)N1C[C@H](O)C[C@H]1C(=O)NCc1ccc(Cl)cc1N1CCN(CCCc2ccc(C(=O)NC3C(C)(C)C(Oc4ccc(C#N)c(Cl)c4)C3(C)C)cc2)CC1)N1Cc2ccccc2C1=O. The molecule has 0 bridgehead atoms. The van der Waals surface area contributed by atoms with Crippen LogP contribution in [-0.4, -0.2) is 113 Å². The zero-order chi connectivity index (χ0) is 49.4. The van der Waals surface area contributed by atoms with E-state index in [9.17, 15) is 29.5 Å². The first-order valence-corrected chi connectivity index (χ1v) is 24.8. The Labute approximate surface area is 415 Å². The fourth-order valence-corrected chi connectivity index (χ4v) is 11.8. The number of hydrogen-bond acceptors (Lipinski definition) is 9. The molecule has 69 heavy (non-hydrogen) atoms. The number of piperazine rings is 1. The molecule has 0 spiro atoms. The third-order valence-electron chi connectivity index (χ3n) is 14.7. The van der Waals surface area contributed by atoms with Crippen molar-refractivity contribution in [2.24, 2.45) is 16.7 Å². The van der Waals surface area contributed by atoms with Gasteiger partial charge in [0, 0.05) is 97.0 Å². The van der Waals surface area contributed by atoms with Gasteiger partial charge in [-0.1, -0.05) is 101 Å². The van der Waals surface area contributed by atoms with Gasteiger partial charge in [-0.25, -0.2) is 0 Å². The summed E-state index contributed by atoms with van der Waals surface area (Å²) in [7, 11) is 0. The summed E-state index contributed by atoms with van der Waals surface area (Å²) in [5, 5.41) is 27.3. The van der Waals surface area contributed by atoms with Crippen LogP contribution in [0.2, 0.25) is 10.0 Å². The van der Waals surface area contributed by atoms with Crippen molar-refractivity contribution >= 4 is 52.5 Å². The highest BCUT2D eigenvalue weighted by molar-refractivity contribution is 6.32. The van der Waals surface area contributed by atoms with E-state index in [4.69, 9.17) is 27.9 Å². The van der Waals surface area contributed by atoms with Crippen LogP contribution in [0.4, 0.5) is 5.69 Å². The summed E-state index contributed by atoms with van der Waals surface area (Å²) < 4.78 is 6.39. The number of likely N-dealkylation sites (tertiary alicyclic amines) is 1. The fraction of sp³-hybridized carbons (Fsp3) is 0.463. The van der Waals surface area contributed by atoms with Crippen molar-refractivity contribution in [1.82, 2.24) is 25.3 Å². The highest BCUT2D eigenvalue weighted by Gasteiger charge is 2.64. The number of anilines is 1. The van der Waals surface area contributed by atoms with Crippen LogP contribution in [0.25, 0.3) is 0 Å². The van der Waals surface area contributed by atoms with E-state index in [-0.39, 0.29) is 72.0 Å². The number of β-amino-alcohol motifs (C(OH)–C–C–N with tert-alkyl or cyclic N) is 1. The minimum absolute atomic E-state index is 0.0216. The Balaban J connectivity index is 0.799. The number of hydrogen-bond donors (Lipinski definition) is 3. The number of nitrogens with zero attached hydrogens (tertiary/aromatic N) is 5. The summed E-state index contributed by atoms with van der Waals surface area (Å²) in [5.74, 6) is -0.628. The lowest BCUT2D eigenvalue weighted by molar-refractivity contribution is -0.164. The molecule has 15 heteroatoms. The number of aryl methyl sites for hydroxylation is 1. The van der Waals surface area contributed by atoms with Crippen LogP contribution in [-0.2, 0) is 29.1 Å². The molecule has 2 saturated heterocycles. The van der Waals surface area contributed by atoms with E-state index in [0.717, 1.165) is 62.4 Å². The van der Waals surface area contributed by atoms with E-state index in [1.807, 2.05) is 74.5 Å². The molecule has 3 atom stereocenters. The largest absolute Gasteiger partial charge is 0.489 e. The zero-order valence-electron chi connectivity index (χ0n) is 40.3. The van der Waals surface area contributed by atoms with Gasteiger partial charge in [0.25, 0.3) is 11.8 Å². The lowest BCUT2D eigenvalue weighted by Crippen LogP contribution is -2.74. The molecule has 8 rings (SSSR count). The lowest BCUT2D eigenvalue weighted by Gasteiger charge is -2.63. The van der Waals surface area contributed by atoms with Gasteiger partial charge in [0.2, 0.25) is 11.8 Å². The molecule has 3 aliphatic heterocycles. The monoisotopic (exact) mass is 975 g/mol. The van der Waals surface area contributed by atoms with Gasteiger partial charge in [0.05, 0.1) is 16.7 Å². The first-order chi connectivity index (χ1) is 32.9. The van der Waals surface area contributed by atoms with Crippen molar-refractivity contribution in [3.05, 3.63) is 128 Å². The summed E-state index contributed by atoms with van der Waals surface area (Å²) in [5.41, 5.74) is 4.75. The van der Waals surface area contributed by atoms with Crippen LogP contribution in [0.1, 0.15) is 97.4 Å². The standard InChI is InChI=1S/C54H63Cl2N7O6/c1-33(2)46(63-31-38-11-7-8-12-42(38)49(63)67)50(68)62-32-40(64)27-45(62)48(66)58-30-37-17-19-39(55)26-44(37)61-24-22-60(23-25-61)21-9-10-34-13-15-35(16-14-34)47(65)59-51-53(3,4)52(54(51,5)6)69-41-20-18-36(29-57)43(56)28-41/h7-8,11-20,26,28,33,40,45-46,51-52,64H,9-10,21-25,27,30-32H2,1-6H3,(H,58,66)(H,59,65)/t40-,45+,46+,51?,52?/m1/s1. The molecule has 4 aromatic carbocycles. The number of aliphatic hydroxyl groups excluding tert-OH is 1. The fourth-order valence-electron chi connectivity index (χ4n) is 11.4. The first kappa shape index (κ1) is 49.8. The third kappa shape index (κ3) is 10.3. The molecule has 4 aromatic rings. The Hall–Kier alpha value is -5.65. The summed E-state index contributed by atoms with van der Waals surface area (Å²) in [4.78, 5) is 62.9. The van der Waals surface area contributed by atoms with Crippen LogP contribution in [0.5, 0.6) is 5.75 Å². The van der Waals surface area contributed by atoms with Gasteiger partial charge in [0.15, 0.2) is 0 Å². The molecular weight excluding hydrogens is 914 g/mol. The second-order valence-corrected chi connectivity index (χ2v) is 21.4. The molecule has 1 aliphatic carbocycles. The first-order valence-electron chi connectivity index (χ1n) is 24.0. The van der Waals surface area contributed by atoms with E-state index in [0.29, 0.717) is 39.0 Å². The van der Waals surface area contributed by atoms with Crippen molar-refractivity contribution in [3.63, 3.8) is 0 Å². The van der Waals surface area contributed by atoms with Gasteiger partial charge in [-0.05, 0) is 84.5 Å². The predicted octanol–water partition coefficient (Wildman–Crippen LogP) is 7.49. The number of carbonyl (C=O) groups excluding carboxylic acids is 4. The molecule has 1 saturated carbocycles. The van der Waals surface area contributed by atoms with Crippen molar-refractivity contribution in [2.75, 3.05) is 44.2 Å². The predicted molar refractivity (Wildman–Crippen MR) is 267 cm³/mol. The Kier molecular flexibility index (Phi) is 14.7. The van der Waals surface area contributed by atoms with Gasteiger partial charge in [-0.15, -0.1) is 0 Å². The Bertz CT molecular complexity index is 2610. The third-order valence-corrected chi connectivity index (χ3v) is 15.3. The van der Waals surface area contributed by atoms with E-state index in [2.05, 4.69) is 54.2 Å². The maximum absolute atomic E-state index is 14.2. The average Bonchev–Trinajstić information content (AvgIpc) is 3.88. The molecule has 13 nitrogen and oxygen atoms in total. The number of nitrogens with one attached hydrogen (secondary N) is 2. The minimum Gasteiger partial charge on any atom is -0.489 e. The molecule has 0 radical (unpaired) electrons. The van der Waals surface area contributed by atoms with Gasteiger partial charge < -0.3 is 35.2 Å². The van der Waals surface area contributed by atoms with Gasteiger partial charge in [-0.2, -0.15) is 5.26 Å². The number of carbonyl (C=O) groups is 4. The van der Waals surface area contributed by atoms with E-state index < -0.39 is 18.2 Å². The van der Waals surface area contributed by atoms with Crippen molar-refractivity contribution in [3.8, 4) is 11.8 Å². The Morgan fingerprint density at radius 2 is 1.64 bits per heavy atom. The number of amides is 4. The maximum atomic E-state index is 14.2. The smallest absolute Gasteiger partial charge is 0.255 e. The van der Waals surface area contributed by atoms with Crippen molar-refractivity contribution in [1.29, 1.82) is 5.26 Å². The van der Waals surface area contributed by atoms with Gasteiger partial charge >= 0.3 is 0 Å². The number of halogens is 2.